The minimum Gasteiger partial charge on any atom is -0.474 e. The molecular weight excluding hydrogens is 254 g/mol. The fourth-order valence-electron chi connectivity index (χ4n) is 2.08. The van der Waals surface area contributed by atoms with Crippen molar-refractivity contribution >= 4 is 11.6 Å². The van der Waals surface area contributed by atoms with E-state index in [1.807, 2.05) is 26.0 Å². The first-order chi connectivity index (χ1) is 9.54. The molecule has 1 aromatic heterocycles. The smallest absolute Gasteiger partial charge is 0.226 e. The van der Waals surface area contributed by atoms with Gasteiger partial charge in [0.2, 0.25) is 11.8 Å². The van der Waals surface area contributed by atoms with E-state index >= 15 is 0 Å². The number of nitrogens with zero attached hydrogens (tertiary/aromatic N) is 2. The Bertz CT molecular complexity index is 437. The Morgan fingerprint density at radius 1 is 1.40 bits per heavy atom. The summed E-state index contributed by atoms with van der Waals surface area (Å²) in [5.41, 5.74) is 0.708. The molecule has 0 atom stereocenters. The van der Waals surface area contributed by atoms with Crippen LogP contribution in [-0.4, -0.2) is 42.0 Å². The molecule has 1 fully saturated rings. The van der Waals surface area contributed by atoms with E-state index in [1.54, 1.807) is 6.20 Å². The highest BCUT2D eigenvalue weighted by Gasteiger charge is 2.18. The molecule has 1 N–H and O–H groups in total. The summed E-state index contributed by atoms with van der Waals surface area (Å²) in [6, 6.07) is 3.64. The molecule has 5 nitrogen and oxygen atoms in total. The average Bonchev–Trinajstić information content (AvgIpc) is 2.43. The highest BCUT2D eigenvalue weighted by Crippen LogP contribution is 2.18. The zero-order chi connectivity index (χ0) is 14.5. The van der Waals surface area contributed by atoms with E-state index in [4.69, 9.17) is 4.74 Å². The van der Waals surface area contributed by atoms with Crippen LogP contribution in [0.5, 0.6) is 5.88 Å². The molecule has 0 saturated carbocycles. The highest BCUT2D eigenvalue weighted by molar-refractivity contribution is 5.91. The molecule has 1 aromatic rings. The van der Waals surface area contributed by atoms with Crippen LogP contribution in [0.2, 0.25) is 0 Å². The summed E-state index contributed by atoms with van der Waals surface area (Å²) in [5.74, 6) is 0.586. The van der Waals surface area contributed by atoms with Crippen molar-refractivity contribution in [1.82, 2.24) is 9.88 Å². The first-order valence-corrected chi connectivity index (χ1v) is 7.16. The number of carbonyl (C=O) groups excluding carboxylic acids is 1. The van der Waals surface area contributed by atoms with Gasteiger partial charge in [-0.05, 0) is 26.0 Å². The predicted molar refractivity (Wildman–Crippen MR) is 78.9 cm³/mol. The number of ether oxygens (including phenoxy) is 1. The molecule has 0 radical (unpaired) electrons. The minimum atomic E-state index is -0.0369. The van der Waals surface area contributed by atoms with Gasteiger partial charge in [0.1, 0.15) is 6.10 Å². The van der Waals surface area contributed by atoms with Gasteiger partial charge in [-0.1, -0.05) is 13.8 Å². The van der Waals surface area contributed by atoms with Crippen molar-refractivity contribution in [3.05, 3.63) is 18.3 Å². The first kappa shape index (κ1) is 14.8. The maximum absolute atomic E-state index is 11.6. The minimum absolute atomic E-state index is 0.00390. The number of hydrogen-bond acceptors (Lipinski definition) is 4. The first-order valence-electron chi connectivity index (χ1n) is 7.16. The molecule has 2 rings (SSSR count). The lowest BCUT2D eigenvalue weighted by Gasteiger charge is -2.28. The molecule has 0 bridgehead atoms. The summed E-state index contributed by atoms with van der Waals surface area (Å²) < 4.78 is 5.86. The number of piperidine rings is 1. The highest BCUT2D eigenvalue weighted by atomic mass is 16.5. The van der Waals surface area contributed by atoms with Gasteiger partial charge >= 0.3 is 0 Å². The number of nitrogens with one attached hydrogen (secondary N) is 1. The number of carbonyl (C=O) groups is 1. The van der Waals surface area contributed by atoms with Gasteiger partial charge < -0.3 is 15.0 Å². The SMILES string of the molecule is CC(C)C(=O)Nc1ccc(OC2CCN(C)CC2)nc1. The number of pyridine rings is 1. The van der Waals surface area contributed by atoms with Crippen LogP contribution in [0, 0.1) is 5.92 Å². The molecule has 0 aromatic carbocycles. The quantitative estimate of drug-likeness (QED) is 0.916. The van der Waals surface area contributed by atoms with Gasteiger partial charge in [0, 0.05) is 25.1 Å². The van der Waals surface area contributed by atoms with E-state index in [9.17, 15) is 4.79 Å². The van der Waals surface area contributed by atoms with Gasteiger partial charge in [-0.25, -0.2) is 4.98 Å². The summed E-state index contributed by atoms with van der Waals surface area (Å²) in [5, 5.41) is 2.81. The molecular formula is C15H23N3O2. The Morgan fingerprint density at radius 2 is 2.10 bits per heavy atom. The zero-order valence-corrected chi connectivity index (χ0v) is 12.4. The number of anilines is 1. The maximum atomic E-state index is 11.6. The molecule has 0 unspecified atom stereocenters. The van der Waals surface area contributed by atoms with Crippen LogP contribution in [0.1, 0.15) is 26.7 Å². The lowest BCUT2D eigenvalue weighted by molar-refractivity contribution is -0.118. The van der Waals surface area contributed by atoms with Crippen LogP contribution in [0.4, 0.5) is 5.69 Å². The summed E-state index contributed by atoms with van der Waals surface area (Å²) in [6.07, 6.45) is 3.95. The average molecular weight is 277 g/mol. The Labute approximate surface area is 120 Å². The van der Waals surface area contributed by atoms with E-state index in [2.05, 4.69) is 22.2 Å². The topological polar surface area (TPSA) is 54.5 Å². The third-order valence-corrected chi connectivity index (χ3v) is 3.48. The molecule has 1 aliphatic rings. The summed E-state index contributed by atoms with van der Waals surface area (Å²) in [7, 11) is 2.13. The molecule has 5 heteroatoms. The molecule has 1 aliphatic heterocycles. The third-order valence-electron chi connectivity index (χ3n) is 3.48. The van der Waals surface area contributed by atoms with E-state index in [-0.39, 0.29) is 17.9 Å². The number of hydrogen-bond donors (Lipinski definition) is 1. The van der Waals surface area contributed by atoms with Crippen molar-refractivity contribution in [2.24, 2.45) is 5.92 Å². The van der Waals surface area contributed by atoms with Crippen molar-refractivity contribution in [3.8, 4) is 5.88 Å². The van der Waals surface area contributed by atoms with Crippen molar-refractivity contribution < 1.29 is 9.53 Å². The Balaban J connectivity index is 1.87. The third kappa shape index (κ3) is 4.20. The van der Waals surface area contributed by atoms with Crippen LogP contribution in [-0.2, 0) is 4.79 Å². The van der Waals surface area contributed by atoms with Crippen LogP contribution in [0.25, 0.3) is 0 Å². The van der Waals surface area contributed by atoms with Crippen molar-refractivity contribution in [2.45, 2.75) is 32.8 Å². The second kappa shape index (κ2) is 6.70. The maximum Gasteiger partial charge on any atom is 0.226 e. The second-order valence-electron chi connectivity index (χ2n) is 5.65. The van der Waals surface area contributed by atoms with Crippen LogP contribution in [0.3, 0.4) is 0 Å². The largest absolute Gasteiger partial charge is 0.474 e. The standard InChI is InChI=1S/C15H23N3O2/c1-11(2)15(19)17-12-4-5-14(16-10-12)20-13-6-8-18(3)9-7-13/h4-5,10-11,13H,6-9H2,1-3H3,(H,17,19). The van der Waals surface area contributed by atoms with Crippen molar-refractivity contribution in [1.29, 1.82) is 0 Å². The number of rotatable bonds is 4. The van der Waals surface area contributed by atoms with Gasteiger partial charge in [0.05, 0.1) is 11.9 Å². The molecule has 110 valence electrons. The number of aromatic nitrogens is 1. The molecule has 1 saturated heterocycles. The van der Waals surface area contributed by atoms with Gasteiger partial charge in [0.25, 0.3) is 0 Å². The Kier molecular flexibility index (Phi) is 4.95. The lowest BCUT2D eigenvalue weighted by Crippen LogP contribution is -2.35. The normalized spacial score (nSPS) is 17.2. The Morgan fingerprint density at radius 3 is 2.65 bits per heavy atom. The Hall–Kier alpha value is -1.62. The summed E-state index contributed by atoms with van der Waals surface area (Å²) in [4.78, 5) is 18.1. The van der Waals surface area contributed by atoms with E-state index < -0.39 is 0 Å². The van der Waals surface area contributed by atoms with E-state index in [1.165, 1.54) is 0 Å². The van der Waals surface area contributed by atoms with Gasteiger partial charge in [0.15, 0.2) is 0 Å². The van der Waals surface area contributed by atoms with Gasteiger partial charge in [-0.3, -0.25) is 4.79 Å². The van der Waals surface area contributed by atoms with E-state index in [0.717, 1.165) is 25.9 Å². The summed E-state index contributed by atoms with van der Waals surface area (Å²) >= 11 is 0. The van der Waals surface area contributed by atoms with Crippen LogP contribution >= 0.6 is 0 Å². The molecule has 20 heavy (non-hydrogen) atoms. The van der Waals surface area contributed by atoms with Crippen LogP contribution in [0.15, 0.2) is 18.3 Å². The molecule has 2 heterocycles. The van der Waals surface area contributed by atoms with Gasteiger partial charge in [-0.15, -0.1) is 0 Å². The fourth-order valence-corrected chi connectivity index (χ4v) is 2.08. The monoisotopic (exact) mass is 277 g/mol. The lowest BCUT2D eigenvalue weighted by atomic mass is 10.1. The molecule has 0 spiro atoms. The van der Waals surface area contributed by atoms with Gasteiger partial charge in [-0.2, -0.15) is 0 Å². The van der Waals surface area contributed by atoms with E-state index in [0.29, 0.717) is 11.6 Å². The molecule has 0 aliphatic carbocycles. The zero-order valence-electron chi connectivity index (χ0n) is 12.4. The summed E-state index contributed by atoms with van der Waals surface area (Å²) in [6.45, 7) is 5.85. The number of likely N-dealkylation sites (tertiary alicyclic amines) is 1. The predicted octanol–water partition coefficient (Wildman–Crippen LogP) is 2.15. The van der Waals surface area contributed by atoms with Crippen molar-refractivity contribution in [3.63, 3.8) is 0 Å². The number of amides is 1. The fraction of sp³-hybridized carbons (Fsp3) is 0.600. The second-order valence-corrected chi connectivity index (χ2v) is 5.65. The van der Waals surface area contributed by atoms with Crippen molar-refractivity contribution in [2.75, 3.05) is 25.5 Å². The van der Waals surface area contributed by atoms with Crippen LogP contribution < -0.4 is 10.1 Å². The molecule has 1 amide bonds.